The number of rotatable bonds is 9. The minimum atomic E-state index is -0.194. The van der Waals surface area contributed by atoms with Gasteiger partial charge in [-0.3, -0.25) is 0 Å². The molecule has 0 saturated heterocycles. The molecule has 1 aromatic carbocycles. The standard InChI is InChI=1S/C14H23NO3/c1-3-12(16)8-9-15-10-11-18-14-6-4-13(17-2)5-7-14/h4-7,12,15-16H,3,8-11H2,1-2H3. The van der Waals surface area contributed by atoms with Crippen LogP contribution in [0, 0.1) is 0 Å². The fourth-order valence-corrected chi connectivity index (χ4v) is 1.51. The lowest BCUT2D eigenvalue weighted by Gasteiger charge is -2.10. The fourth-order valence-electron chi connectivity index (χ4n) is 1.51. The summed E-state index contributed by atoms with van der Waals surface area (Å²) in [6.07, 6.45) is 1.41. The predicted molar refractivity (Wildman–Crippen MR) is 72.3 cm³/mol. The smallest absolute Gasteiger partial charge is 0.119 e. The van der Waals surface area contributed by atoms with E-state index in [0.717, 1.165) is 37.4 Å². The number of benzene rings is 1. The Morgan fingerprint density at radius 1 is 1.17 bits per heavy atom. The third-order valence-corrected chi connectivity index (χ3v) is 2.73. The Morgan fingerprint density at radius 2 is 1.83 bits per heavy atom. The molecule has 0 fully saturated rings. The highest BCUT2D eigenvalue weighted by molar-refractivity contribution is 5.31. The first-order valence-corrected chi connectivity index (χ1v) is 6.42. The van der Waals surface area contributed by atoms with Gasteiger partial charge in [-0.2, -0.15) is 0 Å². The minimum absolute atomic E-state index is 0.194. The summed E-state index contributed by atoms with van der Waals surface area (Å²) >= 11 is 0. The normalized spacial score (nSPS) is 12.2. The molecular formula is C14H23NO3. The molecule has 0 aromatic heterocycles. The van der Waals surface area contributed by atoms with Gasteiger partial charge in [0.05, 0.1) is 13.2 Å². The topological polar surface area (TPSA) is 50.7 Å². The zero-order valence-electron chi connectivity index (χ0n) is 11.2. The molecule has 102 valence electrons. The van der Waals surface area contributed by atoms with E-state index in [1.165, 1.54) is 0 Å². The molecule has 4 nitrogen and oxygen atoms in total. The first kappa shape index (κ1) is 14.8. The van der Waals surface area contributed by atoms with Crippen LogP contribution in [0.5, 0.6) is 11.5 Å². The van der Waals surface area contributed by atoms with Crippen molar-refractivity contribution in [3.8, 4) is 11.5 Å². The van der Waals surface area contributed by atoms with Gasteiger partial charge in [0.15, 0.2) is 0 Å². The van der Waals surface area contributed by atoms with Crippen LogP contribution in [0.3, 0.4) is 0 Å². The molecule has 18 heavy (non-hydrogen) atoms. The molecule has 0 radical (unpaired) electrons. The number of aliphatic hydroxyl groups is 1. The fraction of sp³-hybridized carbons (Fsp3) is 0.571. The molecule has 4 heteroatoms. The lowest BCUT2D eigenvalue weighted by molar-refractivity contribution is 0.159. The van der Waals surface area contributed by atoms with E-state index in [1.54, 1.807) is 7.11 Å². The molecule has 1 unspecified atom stereocenters. The van der Waals surface area contributed by atoms with Gasteiger partial charge >= 0.3 is 0 Å². The largest absolute Gasteiger partial charge is 0.497 e. The molecule has 0 amide bonds. The van der Waals surface area contributed by atoms with Gasteiger partial charge in [-0.1, -0.05) is 6.92 Å². The van der Waals surface area contributed by atoms with Crippen LogP contribution >= 0.6 is 0 Å². The van der Waals surface area contributed by atoms with Gasteiger partial charge in [0.1, 0.15) is 18.1 Å². The van der Waals surface area contributed by atoms with Crippen molar-refractivity contribution >= 4 is 0 Å². The van der Waals surface area contributed by atoms with Gasteiger partial charge in [0.25, 0.3) is 0 Å². The third kappa shape index (κ3) is 5.89. The molecule has 1 aromatic rings. The molecule has 2 N–H and O–H groups in total. The van der Waals surface area contributed by atoms with E-state index in [9.17, 15) is 5.11 Å². The first-order chi connectivity index (χ1) is 8.76. The van der Waals surface area contributed by atoms with Crippen LogP contribution in [-0.4, -0.2) is 38.0 Å². The van der Waals surface area contributed by atoms with E-state index in [0.29, 0.717) is 6.61 Å². The van der Waals surface area contributed by atoms with Crippen LogP contribution in [0.25, 0.3) is 0 Å². The molecule has 0 aliphatic carbocycles. The predicted octanol–water partition coefficient (Wildman–Crippen LogP) is 1.82. The van der Waals surface area contributed by atoms with E-state index < -0.39 is 0 Å². The zero-order valence-corrected chi connectivity index (χ0v) is 11.2. The quantitative estimate of drug-likeness (QED) is 0.659. The third-order valence-electron chi connectivity index (χ3n) is 2.73. The summed E-state index contributed by atoms with van der Waals surface area (Å²) in [5.74, 6) is 1.67. The lowest BCUT2D eigenvalue weighted by atomic mass is 10.2. The van der Waals surface area contributed by atoms with Gasteiger partial charge in [-0.05, 0) is 43.7 Å². The van der Waals surface area contributed by atoms with Crippen LogP contribution in [-0.2, 0) is 0 Å². The maximum atomic E-state index is 9.36. The summed E-state index contributed by atoms with van der Waals surface area (Å²) in [6.45, 7) is 4.20. The second kappa shape index (κ2) is 8.78. The number of methoxy groups -OCH3 is 1. The Labute approximate surface area is 109 Å². The molecule has 0 aliphatic heterocycles. The molecule has 0 bridgehead atoms. The van der Waals surface area contributed by atoms with Crippen molar-refractivity contribution in [1.29, 1.82) is 0 Å². The lowest BCUT2D eigenvalue weighted by Crippen LogP contribution is -2.24. The van der Waals surface area contributed by atoms with Crippen molar-refractivity contribution in [2.75, 3.05) is 26.8 Å². The molecule has 1 rings (SSSR count). The number of hydrogen-bond acceptors (Lipinski definition) is 4. The highest BCUT2D eigenvalue weighted by Gasteiger charge is 1.99. The van der Waals surface area contributed by atoms with Gasteiger partial charge in [-0.25, -0.2) is 0 Å². The summed E-state index contributed by atoms with van der Waals surface area (Å²) in [5.41, 5.74) is 0. The van der Waals surface area contributed by atoms with Crippen molar-refractivity contribution < 1.29 is 14.6 Å². The molecule has 1 atom stereocenters. The number of aliphatic hydroxyl groups excluding tert-OH is 1. The Kier molecular flexibility index (Phi) is 7.22. The number of ether oxygens (including phenoxy) is 2. The zero-order chi connectivity index (χ0) is 13.2. The van der Waals surface area contributed by atoms with E-state index in [2.05, 4.69) is 5.32 Å². The molecule has 0 heterocycles. The second-order valence-corrected chi connectivity index (χ2v) is 4.12. The molecule has 0 saturated carbocycles. The van der Waals surface area contributed by atoms with Crippen molar-refractivity contribution in [3.63, 3.8) is 0 Å². The highest BCUT2D eigenvalue weighted by Crippen LogP contribution is 2.16. The van der Waals surface area contributed by atoms with E-state index in [-0.39, 0.29) is 6.10 Å². The van der Waals surface area contributed by atoms with Crippen molar-refractivity contribution in [2.45, 2.75) is 25.9 Å². The Bertz CT molecular complexity index is 313. The summed E-state index contributed by atoms with van der Waals surface area (Å²) in [6, 6.07) is 7.53. The summed E-state index contributed by atoms with van der Waals surface area (Å²) in [4.78, 5) is 0. The highest BCUT2D eigenvalue weighted by atomic mass is 16.5. The summed E-state index contributed by atoms with van der Waals surface area (Å²) in [5, 5.41) is 12.6. The van der Waals surface area contributed by atoms with Crippen molar-refractivity contribution in [1.82, 2.24) is 5.32 Å². The summed E-state index contributed by atoms with van der Waals surface area (Å²) in [7, 11) is 1.64. The van der Waals surface area contributed by atoms with Crippen LogP contribution in [0.2, 0.25) is 0 Å². The van der Waals surface area contributed by atoms with E-state index in [4.69, 9.17) is 9.47 Å². The number of hydrogen-bond donors (Lipinski definition) is 2. The SMILES string of the molecule is CCC(O)CCNCCOc1ccc(OC)cc1. The van der Waals surface area contributed by atoms with Crippen LogP contribution in [0.1, 0.15) is 19.8 Å². The van der Waals surface area contributed by atoms with Gasteiger partial charge in [-0.15, -0.1) is 0 Å². The van der Waals surface area contributed by atoms with Crippen LogP contribution in [0.15, 0.2) is 24.3 Å². The van der Waals surface area contributed by atoms with Crippen molar-refractivity contribution in [2.24, 2.45) is 0 Å². The summed E-state index contributed by atoms with van der Waals surface area (Å²) < 4.78 is 10.6. The second-order valence-electron chi connectivity index (χ2n) is 4.12. The minimum Gasteiger partial charge on any atom is -0.497 e. The first-order valence-electron chi connectivity index (χ1n) is 6.42. The Balaban J connectivity index is 2.06. The molecule has 0 spiro atoms. The van der Waals surface area contributed by atoms with Crippen molar-refractivity contribution in [3.05, 3.63) is 24.3 Å². The van der Waals surface area contributed by atoms with Crippen LogP contribution in [0.4, 0.5) is 0 Å². The van der Waals surface area contributed by atoms with Crippen LogP contribution < -0.4 is 14.8 Å². The molecular weight excluding hydrogens is 230 g/mol. The maximum Gasteiger partial charge on any atom is 0.119 e. The van der Waals surface area contributed by atoms with E-state index in [1.807, 2.05) is 31.2 Å². The van der Waals surface area contributed by atoms with Gasteiger partial charge in [0, 0.05) is 6.54 Å². The molecule has 0 aliphatic rings. The van der Waals surface area contributed by atoms with E-state index >= 15 is 0 Å². The Hall–Kier alpha value is -1.26. The monoisotopic (exact) mass is 253 g/mol. The Morgan fingerprint density at radius 3 is 2.44 bits per heavy atom. The maximum absolute atomic E-state index is 9.36. The number of nitrogens with one attached hydrogen (secondary N) is 1. The van der Waals surface area contributed by atoms with Gasteiger partial charge < -0.3 is 19.9 Å². The average molecular weight is 253 g/mol. The average Bonchev–Trinajstić information content (AvgIpc) is 2.43. The van der Waals surface area contributed by atoms with Gasteiger partial charge in [0.2, 0.25) is 0 Å².